The molecule has 1 nitrogen and oxygen atoms in total. The molecule has 0 bridgehead atoms. The van der Waals surface area contributed by atoms with Gasteiger partial charge in [0, 0.05) is 31.5 Å². The maximum Gasteiger partial charge on any atom is 0.0554 e. The zero-order valence-corrected chi connectivity index (χ0v) is 29.2. The molecule has 0 spiro atoms. The fourth-order valence-electron chi connectivity index (χ4n) is 7.59. The highest BCUT2D eigenvalue weighted by Gasteiger charge is 2.19. The van der Waals surface area contributed by atoms with Crippen LogP contribution in [0.1, 0.15) is 0 Å². The van der Waals surface area contributed by atoms with Gasteiger partial charge in [-0.3, -0.25) is 0 Å². The molecule has 1 aromatic heterocycles. The first-order valence-electron chi connectivity index (χ1n) is 17.7. The van der Waals surface area contributed by atoms with Crippen LogP contribution in [0.25, 0.3) is 75.1 Å². The molecule has 1 heterocycles. The molecule has 10 rings (SSSR count). The van der Waals surface area contributed by atoms with Crippen molar-refractivity contribution in [2.45, 2.75) is 0 Å². The Kier molecular flexibility index (Phi) is 7.41. The molecule has 9 aromatic carbocycles. The predicted molar refractivity (Wildman–Crippen MR) is 225 cm³/mol. The Morgan fingerprint density at radius 2 is 0.769 bits per heavy atom. The Balaban J connectivity index is 1.06. The number of nitrogens with zero attached hydrogens (tertiary/aromatic N) is 1. The van der Waals surface area contributed by atoms with Crippen LogP contribution in [0.2, 0.25) is 0 Å². The third-order valence-electron chi connectivity index (χ3n) is 10.2. The smallest absolute Gasteiger partial charge is 0.0554 e. The number of anilines is 3. The van der Waals surface area contributed by atoms with Crippen molar-refractivity contribution in [3.05, 3.63) is 200 Å². The van der Waals surface area contributed by atoms with Crippen molar-refractivity contribution in [2.24, 2.45) is 0 Å². The third kappa shape index (κ3) is 5.42. The lowest BCUT2D eigenvalue weighted by Crippen LogP contribution is -2.10. The first kappa shape index (κ1) is 30.4. The summed E-state index contributed by atoms with van der Waals surface area (Å²) < 4.78 is 2.60. The first-order chi connectivity index (χ1) is 25.7. The quantitative estimate of drug-likeness (QED) is 0.169. The van der Waals surface area contributed by atoms with Crippen molar-refractivity contribution in [1.82, 2.24) is 0 Å². The van der Waals surface area contributed by atoms with Gasteiger partial charge in [0.25, 0.3) is 0 Å². The van der Waals surface area contributed by atoms with Gasteiger partial charge in [-0.05, 0) is 116 Å². The van der Waals surface area contributed by atoms with E-state index in [2.05, 4.69) is 205 Å². The fourth-order valence-corrected chi connectivity index (χ4v) is 8.72. The molecule has 0 saturated carbocycles. The zero-order chi connectivity index (χ0) is 34.4. The minimum Gasteiger partial charge on any atom is -0.310 e. The van der Waals surface area contributed by atoms with E-state index in [0.717, 1.165) is 11.4 Å². The second-order valence-electron chi connectivity index (χ2n) is 13.4. The first-order valence-corrected chi connectivity index (χ1v) is 18.6. The summed E-state index contributed by atoms with van der Waals surface area (Å²) >= 11 is 1.86. The molecule has 0 aliphatic carbocycles. The van der Waals surface area contributed by atoms with Gasteiger partial charge >= 0.3 is 0 Å². The van der Waals surface area contributed by atoms with Crippen LogP contribution >= 0.6 is 11.3 Å². The number of fused-ring (bicyclic) bond motifs is 5. The lowest BCUT2D eigenvalue weighted by atomic mass is 9.96. The molecule has 0 amide bonds. The Bertz CT molecular complexity index is 2890. The Morgan fingerprint density at radius 3 is 1.42 bits per heavy atom. The summed E-state index contributed by atoms with van der Waals surface area (Å²) in [5.74, 6) is 0. The van der Waals surface area contributed by atoms with Gasteiger partial charge in [0.15, 0.2) is 0 Å². The Labute approximate surface area is 307 Å². The average molecular weight is 680 g/mol. The van der Waals surface area contributed by atoms with Gasteiger partial charge in [-0.25, -0.2) is 0 Å². The number of benzene rings is 9. The summed E-state index contributed by atoms with van der Waals surface area (Å²) in [4.78, 5) is 2.43. The van der Waals surface area contributed by atoms with Gasteiger partial charge in [0.2, 0.25) is 0 Å². The van der Waals surface area contributed by atoms with Gasteiger partial charge in [-0.2, -0.15) is 0 Å². The van der Waals surface area contributed by atoms with E-state index in [1.54, 1.807) is 0 Å². The molecular formula is C50H33NS. The molecular weight excluding hydrogens is 647 g/mol. The van der Waals surface area contributed by atoms with Gasteiger partial charge in [-0.1, -0.05) is 140 Å². The van der Waals surface area contributed by atoms with Gasteiger partial charge in [0.05, 0.1) is 5.69 Å². The monoisotopic (exact) mass is 679 g/mol. The molecule has 0 radical (unpaired) electrons. The lowest BCUT2D eigenvalue weighted by Gasteiger charge is -2.27. The molecule has 2 heteroatoms. The molecule has 244 valence electrons. The fraction of sp³-hybridized carbons (Fsp3) is 0. The van der Waals surface area contributed by atoms with Gasteiger partial charge in [-0.15, -0.1) is 11.3 Å². The van der Waals surface area contributed by atoms with Crippen LogP contribution in [0.3, 0.4) is 0 Å². The van der Waals surface area contributed by atoms with E-state index in [0.29, 0.717) is 0 Å². The van der Waals surface area contributed by atoms with Gasteiger partial charge in [0.1, 0.15) is 0 Å². The summed E-state index contributed by atoms with van der Waals surface area (Å²) in [6.45, 7) is 0. The molecule has 0 aliphatic rings. The summed E-state index contributed by atoms with van der Waals surface area (Å²) in [5, 5.41) is 7.51. The SMILES string of the molecule is c1ccc(-c2ccc(N(c3ccc4cc(-c5ccc6cc(-c7ccccc7)ccc6c5)ccc4c3)c3cccc4sc5ccccc5c34)cc2)cc1. The third-order valence-corrected chi connectivity index (χ3v) is 11.4. The van der Waals surface area contributed by atoms with E-state index in [1.165, 1.54) is 80.8 Å². The number of hydrogen-bond donors (Lipinski definition) is 0. The van der Waals surface area contributed by atoms with Crippen LogP contribution in [-0.2, 0) is 0 Å². The molecule has 10 aromatic rings. The van der Waals surface area contributed by atoms with Crippen LogP contribution in [0.4, 0.5) is 17.1 Å². The number of rotatable bonds is 6. The van der Waals surface area contributed by atoms with Crippen molar-refractivity contribution >= 4 is 70.1 Å². The summed E-state index contributed by atoms with van der Waals surface area (Å²) in [7, 11) is 0. The predicted octanol–water partition coefficient (Wildman–Crippen LogP) is 14.8. The molecule has 52 heavy (non-hydrogen) atoms. The molecule has 0 saturated heterocycles. The lowest BCUT2D eigenvalue weighted by molar-refractivity contribution is 1.31. The molecule has 0 unspecified atom stereocenters. The molecule has 0 atom stereocenters. The van der Waals surface area contributed by atoms with E-state index in [4.69, 9.17) is 0 Å². The molecule has 0 N–H and O–H groups in total. The summed E-state index contributed by atoms with van der Waals surface area (Å²) in [6.07, 6.45) is 0. The maximum absolute atomic E-state index is 2.43. The van der Waals surface area contributed by atoms with E-state index in [-0.39, 0.29) is 0 Å². The van der Waals surface area contributed by atoms with Crippen LogP contribution in [0, 0.1) is 0 Å². The minimum atomic E-state index is 1.13. The van der Waals surface area contributed by atoms with E-state index in [9.17, 15) is 0 Å². The van der Waals surface area contributed by atoms with E-state index < -0.39 is 0 Å². The number of hydrogen-bond acceptors (Lipinski definition) is 2. The summed E-state index contributed by atoms with van der Waals surface area (Å²) in [5.41, 5.74) is 10.8. The minimum absolute atomic E-state index is 1.13. The highest BCUT2D eigenvalue weighted by molar-refractivity contribution is 7.26. The Hall–Kier alpha value is -6.48. The summed E-state index contributed by atoms with van der Waals surface area (Å²) in [6, 6.07) is 73.0. The van der Waals surface area contributed by atoms with Crippen LogP contribution in [0.5, 0.6) is 0 Å². The second-order valence-corrected chi connectivity index (χ2v) is 14.5. The highest BCUT2D eigenvalue weighted by atomic mass is 32.1. The topological polar surface area (TPSA) is 3.24 Å². The second kappa shape index (κ2) is 12.7. The van der Waals surface area contributed by atoms with Crippen molar-refractivity contribution in [3.8, 4) is 33.4 Å². The average Bonchev–Trinajstić information content (AvgIpc) is 3.61. The van der Waals surface area contributed by atoms with E-state index >= 15 is 0 Å². The largest absolute Gasteiger partial charge is 0.310 e. The van der Waals surface area contributed by atoms with Crippen molar-refractivity contribution in [1.29, 1.82) is 0 Å². The van der Waals surface area contributed by atoms with Gasteiger partial charge < -0.3 is 4.90 Å². The van der Waals surface area contributed by atoms with E-state index in [1.807, 2.05) is 11.3 Å². The van der Waals surface area contributed by atoms with Crippen molar-refractivity contribution < 1.29 is 0 Å². The Morgan fingerprint density at radius 1 is 0.308 bits per heavy atom. The maximum atomic E-state index is 2.43. The van der Waals surface area contributed by atoms with Crippen LogP contribution < -0.4 is 4.90 Å². The van der Waals surface area contributed by atoms with Crippen LogP contribution in [-0.4, -0.2) is 0 Å². The standard InChI is InChI=1S/C50H33NS/c1-3-10-34(11-4-1)36-24-27-44(28-25-36)51(47-15-9-17-49-50(47)46-14-7-8-16-48(46)52-49)45-29-26-42-32-41(22-23-43(42)33-45)40-21-20-38-30-37(18-19-39(38)31-40)35-12-5-2-6-13-35/h1-33H. The number of thiophene rings is 1. The normalized spacial score (nSPS) is 11.5. The van der Waals surface area contributed by atoms with Crippen molar-refractivity contribution in [2.75, 3.05) is 4.90 Å². The highest BCUT2D eigenvalue weighted by Crippen LogP contribution is 2.45. The molecule has 0 aliphatic heterocycles. The zero-order valence-electron chi connectivity index (χ0n) is 28.4. The van der Waals surface area contributed by atoms with Crippen molar-refractivity contribution in [3.63, 3.8) is 0 Å². The molecule has 0 fully saturated rings. The van der Waals surface area contributed by atoms with Crippen LogP contribution in [0.15, 0.2) is 200 Å².